The Labute approximate surface area is 100 Å². The van der Waals surface area contributed by atoms with Gasteiger partial charge < -0.3 is 10.2 Å². The van der Waals surface area contributed by atoms with E-state index >= 15 is 0 Å². The summed E-state index contributed by atoms with van der Waals surface area (Å²) in [5.74, 6) is 2.36. The molecule has 6 nitrogen and oxygen atoms in total. The van der Waals surface area contributed by atoms with Gasteiger partial charge in [-0.25, -0.2) is 4.79 Å². The summed E-state index contributed by atoms with van der Waals surface area (Å²) >= 11 is 0. The molecular formula is C9H12F3N3O3. The van der Waals surface area contributed by atoms with Gasteiger partial charge in [0.2, 0.25) is 0 Å². The Morgan fingerprint density at radius 1 is 1.50 bits per heavy atom. The van der Waals surface area contributed by atoms with Crippen LogP contribution in [0.2, 0.25) is 0 Å². The Hall–Kier alpha value is -1.71. The number of alkyl halides is 3. The van der Waals surface area contributed by atoms with Crippen molar-refractivity contribution >= 4 is 5.97 Å². The van der Waals surface area contributed by atoms with Crippen LogP contribution in [0.5, 0.6) is 0 Å². The molecule has 0 bridgehead atoms. The zero-order valence-electron chi connectivity index (χ0n) is 9.11. The summed E-state index contributed by atoms with van der Waals surface area (Å²) in [4.78, 5) is 12.8. The largest absolute Gasteiger partial charge is 0.490 e. The average molecular weight is 267 g/mol. The molecular weight excluding hydrogens is 255 g/mol. The highest BCUT2D eigenvalue weighted by molar-refractivity contribution is 5.73. The highest BCUT2D eigenvalue weighted by Gasteiger charge is 2.38. The van der Waals surface area contributed by atoms with E-state index in [1.807, 2.05) is 6.07 Å². The molecule has 0 aliphatic heterocycles. The Morgan fingerprint density at radius 2 is 2.06 bits per heavy atom. The number of aliphatic carboxylic acids is 1. The summed E-state index contributed by atoms with van der Waals surface area (Å²) in [6.07, 6.45) is -3.43. The number of halogens is 3. The first-order chi connectivity index (χ1) is 8.31. The molecule has 1 aromatic heterocycles. The Morgan fingerprint density at radius 3 is 2.44 bits per heavy atom. The molecule has 9 heteroatoms. The zero-order chi connectivity index (χ0) is 14.2. The van der Waals surface area contributed by atoms with E-state index in [2.05, 4.69) is 10.4 Å². The van der Waals surface area contributed by atoms with E-state index in [1.54, 1.807) is 12.3 Å². The number of hydrazine groups is 1. The smallest absolute Gasteiger partial charge is 0.475 e. The maximum absolute atomic E-state index is 10.6. The fraction of sp³-hybridized carbons (Fsp3) is 0.333. The molecule has 0 saturated carbocycles. The van der Waals surface area contributed by atoms with E-state index in [0.29, 0.717) is 12.2 Å². The summed E-state index contributed by atoms with van der Waals surface area (Å²) in [6, 6.07) is 3.65. The van der Waals surface area contributed by atoms with Crippen molar-refractivity contribution in [2.45, 2.75) is 19.3 Å². The van der Waals surface area contributed by atoms with E-state index in [1.165, 1.54) is 0 Å². The number of nitrogens with zero attached hydrogens (tertiary/aromatic N) is 1. The minimum atomic E-state index is -5.08. The van der Waals surface area contributed by atoms with Gasteiger partial charge in [0.1, 0.15) is 0 Å². The quantitative estimate of drug-likeness (QED) is 0.459. The van der Waals surface area contributed by atoms with Crippen LogP contribution in [-0.4, -0.2) is 27.3 Å². The zero-order valence-corrected chi connectivity index (χ0v) is 9.11. The number of pyridine rings is 1. The lowest BCUT2D eigenvalue weighted by Gasteiger charge is -2.00. The molecule has 18 heavy (non-hydrogen) atoms. The first-order valence-corrected chi connectivity index (χ1v) is 4.59. The number of rotatable bonds is 3. The molecule has 0 radical (unpaired) electrons. The van der Waals surface area contributed by atoms with Crippen LogP contribution in [0.3, 0.4) is 0 Å². The lowest BCUT2D eigenvalue weighted by atomic mass is 10.2. The van der Waals surface area contributed by atoms with Gasteiger partial charge in [0.25, 0.3) is 0 Å². The molecule has 1 heterocycles. The second-order valence-electron chi connectivity index (χ2n) is 3.00. The molecule has 0 aliphatic rings. The molecule has 0 amide bonds. The lowest BCUT2D eigenvalue weighted by Crippen LogP contribution is -2.21. The van der Waals surface area contributed by atoms with E-state index in [-0.39, 0.29) is 6.61 Å². The highest BCUT2D eigenvalue weighted by atomic mass is 19.4. The van der Waals surface area contributed by atoms with Crippen LogP contribution >= 0.6 is 0 Å². The standard InChI is InChI=1S/C7H11N3O.C2HF3O2/c8-10-4-6-1-2-9-7(3-6)5-11;3-2(4,5)1(6)7/h1-3,10-11H,4-5,8H2;(H,6,7). The Kier molecular flexibility index (Phi) is 6.86. The Balaban J connectivity index is 0.000000360. The molecule has 102 valence electrons. The third kappa shape index (κ3) is 6.78. The van der Waals surface area contributed by atoms with Gasteiger partial charge >= 0.3 is 12.1 Å². The molecule has 0 aromatic carbocycles. The van der Waals surface area contributed by atoms with Crippen LogP contribution in [0.15, 0.2) is 18.3 Å². The van der Waals surface area contributed by atoms with Crippen molar-refractivity contribution < 1.29 is 28.2 Å². The Bertz CT molecular complexity index is 385. The lowest BCUT2D eigenvalue weighted by molar-refractivity contribution is -0.192. The second-order valence-corrected chi connectivity index (χ2v) is 3.00. The van der Waals surface area contributed by atoms with Crippen molar-refractivity contribution in [1.82, 2.24) is 10.4 Å². The van der Waals surface area contributed by atoms with Crippen molar-refractivity contribution in [3.8, 4) is 0 Å². The van der Waals surface area contributed by atoms with Crippen LogP contribution < -0.4 is 11.3 Å². The molecule has 0 atom stereocenters. The van der Waals surface area contributed by atoms with Crippen LogP contribution in [0.25, 0.3) is 0 Å². The number of nitrogens with one attached hydrogen (secondary N) is 1. The van der Waals surface area contributed by atoms with Gasteiger partial charge in [0.05, 0.1) is 12.3 Å². The number of carbonyl (C=O) groups is 1. The number of aliphatic hydroxyl groups is 1. The molecule has 0 fully saturated rings. The van der Waals surface area contributed by atoms with Crippen LogP contribution in [-0.2, 0) is 17.9 Å². The van der Waals surface area contributed by atoms with Crippen molar-refractivity contribution in [2.75, 3.05) is 0 Å². The van der Waals surface area contributed by atoms with Gasteiger partial charge in [0, 0.05) is 12.7 Å². The van der Waals surface area contributed by atoms with E-state index < -0.39 is 12.1 Å². The van der Waals surface area contributed by atoms with E-state index in [9.17, 15) is 13.2 Å². The molecule has 1 rings (SSSR count). The highest BCUT2D eigenvalue weighted by Crippen LogP contribution is 2.13. The normalized spacial score (nSPS) is 10.5. The maximum atomic E-state index is 10.6. The minimum Gasteiger partial charge on any atom is -0.475 e. The maximum Gasteiger partial charge on any atom is 0.490 e. The topological polar surface area (TPSA) is 108 Å². The van der Waals surface area contributed by atoms with Gasteiger partial charge in [0.15, 0.2) is 0 Å². The van der Waals surface area contributed by atoms with Crippen molar-refractivity contribution in [3.05, 3.63) is 29.6 Å². The SMILES string of the molecule is NNCc1ccnc(CO)c1.O=C(O)C(F)(F)F. The third-order valence-corrected chi connectivity index (χ3v) is 1.59. The van der Waals surface area contributed by atoms with Crippen LogP contribution in [0, 0.1) is 0 Å². The summed E-state index contributed by atoms with van der Waals surface area (Å²) in [5, 5.41) is 15.8. The van der Waals surface area contributed by atoms with Crippen molar-refractivity contribution in [2.24, 2.45) is 5.84 Å². The van der Waals surface area contributed by atoms with E-state index in [4.69, 9.17) is 20.9 Å². The van der Waals surface area contributed by atoms with Gasteiger partial charge in [-0.05, 0) is 17.7 Å². The summed E-state index contributed by atoms with van der Waals surface area (Å²) < 4.78 is 31.7. The monoisotopic (exact) mass is 267 g/mol. The summed E-state index contributed by atoms with van der Waals surface area (Å²) in [6.45, 7) is 0.563. The van der Waals surface area contributed by atoms with Crippen molar-refractivity contribution in [3.63, 3.8) is 0 Å². The van der Waals surface area contributed by atoms with Crippen molar-refractivity contribution in [1.29, 1.82) is 0 Å². The van der Waals surface area contributed by atoms with Gasteiger partial charge in [-0.3, -0.25) is 16.3 Å². The molecule has 0 aliphatic carbocycles. The van der Waals surface area contributed by atoms with Crippen LogP contribution in [0.4, 0.5) is 13.2 Å². The third-order valence-electron chi connectivity index (χ3n) is 1.59. The van der Waals surface area contributed by atoms with Crippen LogP contribution in [0.1, 0.15) is 11.3 Å². The predicted molar refractivity (Wildman–Crippen MR) is 54.9 cm³/mol. The molecule has 5 N–H and O–H groups in total. The number of carboxylic acids is 1. The molecule has 1 aromatic rings. The summed E-state index contributed by atoms with van der Waals surface area (Å²) in [5.41, 5.74) is 4.21. The fourth-order valence-corrected chi connectivity index (χ4v) is 0.842. The van der Waals surface area contributed by atoms with Gasteiger partial charge in [-0.2, -0.15) is 13.2 Å². The number of carboxylic acid groups (broad SMARTS) is 1. The van der Waals surface area contributed by atoms with Gasteiger partial charge in [-0.1, -0.05) is 0 Å². The number of hydrogen-bond acceptors (Lipinski definition) is 5. The summed E-state index contributed by atoms with van der Waals surface area (Å²) in [7, 11) is 0. The van der Waals surface area contributed by atoms with E-state index in [0.717, 1.165) is 5.56 Å². The number of aromatic nitrogens is 1. The minimum absolute atomic E-state index is 0.0294. The van der Waals surface area contributed by atoms with Gasteiger partial charge in [-0.15, -0.1) is 0 Å². The first-order valence-electron chi connectivity index (χ1n) is 4.59. The molecule has 0 saturated heterocycles. The average Bonchev–Trinajstić information content (AvgIpc) is 2.29. The number of aliphatic hydroxyl groups excluding tert-OH is 1. The first kappa shape index (κ1) is 16.3. The predicted octanol–water partition coefficient (Wildman–Crippen LogP) is 0.170. The molecule has 0 unspecified atom stereocenters. The number of hydrogen-bond donors (Lipinski definition) is 4. The second kappa shape index (κ2) is 7.58. The molecule has 0 spiro atoms. The fourth-order valence-electron chi connectivity index (χ4n) is 0.842. The number of nitrogens with two attached hydrogens (primary N) is 1.